The Bertz CT molecular complexity index is 664. The molecule has 0 fully saturated rings. The Morgan fingerprint density at radius 1 is 1.27 bits per heavy atom. The molecule has 2 aromatic rings. The smallest absolute Gasteiger partial charge is 0.273 e. The number of rotatable bonds is 5. The van der Waals surface area contributed by atoms with Crippen molar-refractivity contribution in [3.8, 4) is 0 Å². The number of nitrogens with two attached hydrogens (primary N) is 1. The van der Waals surface area contributed by atoms with Gasteiger partial charge in [-0.15, -0.1) is 11.3 Å². The molecule has 3 N–H and O–H groups in total. The summed E-state index contributed by atoms with van der Waals surface area (Å²) in [5.74, 6) is 5.55. The van der Waals surface area contributed by atoms with E-state index in [1.54, 1.807) is 24.3 Å². The Hall–Kier alpha value is -2.18. The third kappa shape index (κ3) is 3.93. The number of hydrogen-bond acceptors (Lipinski definition) is 4. The van der Waals surface area contributed by atoms with Gasteiger partial charge < -0.3 is 5.32 Å². The van der Waals surface area contributed by atoms with Crippen LogP contribution in [-0.2, 0) is 4.79 Å². The van der Waals surface area contributed by atoms with Crippen molar-refractivity contribution in [2.75, 3.05) is 10.3 Å². The SMILES string of the molecule is CCCC(=O)Nc1ccc(C(=O)N(N)c2cc(C)cs2)cc1. The molecule has 0 unspecified atom stereocenters. The molecule has 0 aliphatic heterocycles. The van der Waals surface area contributed by atoms with Crippen LogP contribution in [0.25, 0.3) is 0 Å². The van der Waals surface area contributed by atoms with Crippen LogP contribution in [0.2, 0.25) is 0 Å². The second kappa shape index (κ2) is 7.20. The molecule has 0 saturated carbocycles. The van der Waals surface area contributed by atoms with Crippen LogP contribution >= 0.6 is 11.3 Å². The Balaban J connectivity index is 2.06. The van der Waals surface area contributed by atoms with Crippen molar-refractivity contribution in [2.24, 2.45) is 5.84 Å². The van der Waals surface area contributed by atoms with Crippen molar-refractivity contribution in [1.29, 1.82) is 0 Å². The molecule has 0 saturated heterocycles. The third-order valence-electron chi connectivity index (χ3n) is 3.07. The van der Waals surface area contributed by atoms with Crippen molar-refractivity contribution >= 4 is 33.8 Å². The number of carbonyl (C=O) groups excluding carboxylic acids is 2. The van der Waals surface area contributed by atoms with Crippen LogP contribution in [0.4, 0.5) is 10.7 Å². The number of amides is 2. The van der Waals surface area contributed by atoms with E-state index in [4.69, 9.17) is 5.84 Å². The molecular weight excluding hydrogens is 298 g/mol. The average Bonchev–Trinajstić information content (AvgIpc) is 2.93. The highest BCUT2D eigenvalue weighted by Crippen LogP contribution is 2.23. The van der Waals surface area contributed by atoms with Gasteiger partial charge in [0.1, 0.15) is 5.00 Å². The number of benzene rings is 1. The van der Waals surface area contributed by atoms with Crippen LogP contribution < -0.4 is 16.2 Å². The Morgan fingerprint density at radius 3 is 2.50 bits per heavy atom. The van der Waals surface area contributed by atoms with E-state index in [-0.39, 0.29) is 11.8 Å². The van der Waals surface area contributed by atoms with Crippen molar-refractivity contribution in [2.45, 2.75) is 26.7 Å². The molecule has 6 heteroatoms. The maximum absolute atomic E-state index is 12.3. The van der Waals surface area contributed by atoms with E-state index in [1.165, 1.54) is 11.3 Å². The van der Waals surface area contributed by atoms with Crippen molar-refractivity contribution in [3.05, 3.63) is 46.8 Å². The summed E-state index contributed by atoms with van der Waals surface area (Å²) in [7, 11) is 0. The minimum atomic E-state index is -0.284. The standard InChI is InChI=1S/C16H19N3O2S/c1-3-4-14(20)18-13-7-5-12(6-8-13)16(21)19(17)15-9-11(2)10-22-15/h5-10H,3-4,17H2,1-2H3,(H,18,20). The molecule has 2 amide bonds. The summed E-state index contributed by atoms with van der Waals surface area (Å²) in [6.07, 6.45) is 1.28. The monoisotopic (exact) mass is 317 g/mol. The predicted octanol–water partition coefficient (Wildman–Crippen LogP) is 3.32. The van der Waals surface area contributed by atoms with E-state index in [0.29, 0.717) is 22.7 Å². The Labute approximate surface area is 133 Å². The molecule has 1 heterocycles. The highest BCUT2D eigenvalue weighted by Gasteiger charge is 2.15. The van der Waals surface area contributed by atoms with Gasteiger partial charge >= 0.3 is 0 Å². The van der Waals surface area contributed by atoms with Gasteiger partial charge in [-0.2, -0.15) is 0 Å². The van der Waals surface area contributed by atoms with Crippen LogP contribution in [-0.4, -0.2) is 11.8 Å². The van der Waals surface area contributed by atoms with Gasteiger partial charge in [-0.3, -0.25) is 9.59 Å². The van der Waals surface area contributed by atoms with Gasteiger partial charge in [-0.1, -0.05) is 6.92 Å². The summed E-state index contributed by atoms with van der Waals surface area (Å²) in [5.41, 5.74) is 2.21. The summed E-state index contributed by atoms with van der Waals surface area (Å²) in [4.78, 5) is 23.8. The summed E-state index contributed by atoms with van der Waals surface area (Å²) >= 11 is 1.42. The zero-order valence-electron chi connectivity index (χ0n) is 12.6. The number of carbonyl (C=O) groups is 2. The van der Waals surface area contributed by atoms with Crippen LogP contribution in [0, 0.1) is 6.92 Å². The predicted molar refractivity (Wildman–Crippen MR) is 90.0 cm³/mol. The van der Waals surface area contributed by atoms with E-state index in [1.807, 2.05) is 25.3 Å². The van der Waals surface area contributed by atoms with Gasteiger partial charge in [-0.05, 0) is 54.6 Å². The second-order valence-corrected chi connectivity index (χ2v) is 5.90. The van der Waals surface area contributed by atoms with Gasteiger partial charge in [0.05, 0.1) is 0 Å². The van der Waals surface area contributed by atoms with Crippen molar-refractivity contribution in [1.82, 2.24) is 0 Å². The molecule has 0 spiro atoms. The van der Waals surface area contributed by atoms with E-state index in [2.05, 4.69) is 5.32 Å². The summed E-state index contributed by atoms with van der Waals surface area (Å²) in [6, 6.07) is 8.58. The minimum absolute atomic E-state index is 0.0314. The molecule has 0 radical (unpaired) electrons. The Morgan fingerprint density at radius 2 is 1.95 bits per heavy atom. The summed E-state index contributed by atoms with van der Waals surface area (Å²) in [6.45, 7) is 3.90. The zero-order chi connectivity index (χ0) is 16.1. The number of aryl methyl sites for hydroxylation is 1. The van der Waals surface area contributed by atoms with E-state index >= 15 is 0 Å². The van der Waals surface area contributed by atoms with E-state index < -0.39 is 0 Å². The largest absolute Gasteiger partial charge is 0.326 e. The first-order valence-electron chi connectivity index (χ1n) is 7.05. The fourth-order valence-electron chi connectivity index (χ4n) is 1.93. The summed E-state index contributed by atoms with van der Waals surface area (Å²) in [5, 5.41) is 6.56. The first kappa shape index (κ1) is 16.2. The lowest BCUT2D eigenvalue weighted by atomic mass is 10.2. The normalized spacial score (nSPS) is 10.3. The van der Waals surface area contributed by atoms with E-state index in [0.717, 1.165) is 17.0 Å². The maximum Gasteiger partial charge on any atom is 0.273 e. The highest BCUT2D eigenvalue weighted by molar-refractivity contribution is 7.14. The maximum atomic E-state index is 12.3. The molecule has 116 valence electrons. The van der Waals surface area contributed by atoms with Crippen LogP contribution in [0.1, 0.15) is 35.7 Å². The van der Waals surface area contributed by atoms with Gasteiger partial charge in [0, 0.05) is 17.7 Å². The molecule has 0 aliphatic carbocycles. The Kier molecular flexibility index (Phi) is 5.30. The van der Waals surface area contributed by atoms with Gasteiger partial charge in [0.25, 0.3) is 5.91 Å². The van der Waals surface area contributed by atoms with Crippen LogP contribution in [0.3, 0.4) is 0 Å². The number of nitrogens with zero attached hydrogens (tertiary/aromatic N) is 1. The molecule has 0 atom stereocenters. The number of thiophene rings is 1. The molecule has 1 aromatic heterocycles. The van der Waals surface area contributed by atoms with Gasteiger partial charge in [0.15, 0.2) is 0 Å². The van der Waals surface area contributed by atoms with Crippen LogP contribution in [0.5, 0.6) is 0 Å². The van der Waals surface area contributed by atoms with Gasteiger partial charge in [0.2, 0.25) is 5.91 Å². The molecule has 1 aromatic carbocycles. The molecule has 22 heavy (non-hydrogen) atoms. The number of hydrazine groups is 1. The molecule has 0 aliphatic rings. The highest BCUT2D eigenvalue weighted by atomic mass is 32.1. The fourth-order valence-corrected chi connectivity index (χ4v) is 2.75. The fraction of sp³-hybridized carbons (Fsp3) is 0.250. The van der Waals surface area contributed by atoms with Crippen molar-refractivity contribution < 1.29 is 9.59 Å². The van der Waals surface area contributed by atoms with Crippen LogP contribution in [0.15, 0.2) is 35.7 Å². The zero-order valence-corrected chi connectivity index (χ0v) is 13.4. The topological polar surface area (TPSA) is 75.4 Å². The molecule has 0 bridgehead atoms. The quantitative estimate of drug-likeness (QED) is 0.504. The number of anilines is 2. The lowest BCUT2D eigenvalue weighted by molar-refractivity contribution is -0.116. The third-order valence-corrected chi connectivity index (χ3v) is 4.11. The molecular formula is C16H19N3O2S. The van der Waals surface area contributed by atoms with Crippen molar-refractivity contribution in [3.63, 3.8) is 0 Å². The minimum Gasteiger partial charge on any atom is -0.326 e. The first-order valence-corrected chi connectivity index (χ1v) is 7.93. The van der Waals surface area contributed by atoms with E-state index in [9.17, 15) is 9.59 Å². The lowest BCUT2D eigenvalue weighted by Crippen LogP contribution is -2.36. The molecule has 5 nitrogen and oxygen atoms in total. The molecule has 2 rings (SSSR count). The number of nitrogens with one attached hydrogen (secondary N) is 1. The summed E-state index contributed by atoms with van der Waals surface area (Å²) < 4.78 is 0. The van der Waals surface area contributed by atoms with Gasteiger partial charge in [-0.25, -0.2) is 10.9 Å². The average molecular weight is 317 g/mol. The first-order chi connectivity index (χ1) is 10.5. The lowest BCUT2D eigenvalue weighted by Gasteiger charge is -2.14. The second-order valence-electron chi connectivity index (χ2n) is 5.01. The number of hydrogen-bond donors (Lipinski definition) is 2.